The van der Waals surface area contributed by atoms with Crippen molar-refractivity contribution in [1.29, 1.82) is 0 Å². The van der Waals surface area contributed by atoms with Crippen LogP contribution < -0.4 is 4.90 Å². The minimum absolute atomic E-state index is 0.732. The van der Waals surface area contributed by atoms with Gasteiger partial charge in [0.15, 0.2) is 0 Å². The molecule has 3 heteroatoms. The van der Waals surface area contributed by atoms with Crippen molar-refractivity contribution in [3.05, 3.63) is 34.9 Å². The average molecular weight is 235 g/mol. The first-order valence-corrected chi connectivity index (χ1v) is 5.77. The lowest BCUT2D eigenvalue weighted by atomic mass is 10.1. The van der Waals surface area contributed by atoms with Crippen molar-refractivity contribution in [2.75, 3.05) is 18.5 Å². The smallest absolute Gasteiger partial charge is 0.129 e. The summed E-state index contributed by atoms with van der Waals surface area (Å²) >= 11 is 5.98. The van der Waals surface area contributed by atoms with Crippen LogP contribution in [-0.2, 0) is 0 Å². The van der Waals surface area contributed by atoms with Gasteiger partial charge in [0.05, 0.1) is 5.52 Å². The highest BCUT2D eigenvalue weighted by molar-refractivity contribution is 6.31. The number of rotatable bonds is 2. The van der Waals surface area contributed by atoms with Crippen LogP contribution >= 0.6 is 11.6 Å². The van der Waals surface area contributed by atoms with Crippen molar-refractivity contribution in [2.24, 2.45) is 0 Å². The maximum atomic E-state index is 5.98. The number of anilines is 1. The number of hydrogen-bond acceptors (Lipinski definition) is 2. The predicted octanol–water partition coefficient (Wildman–Crippen LogP) is 3.65. The summed E-state index contributed by atoms with van der Waals surface area (Å²) in [7, 11) is 2.04. The maximum Gasteiger partial charge on any atom is 0.129 e. The lowest BCUT2D eigenvalue weighted by Gasteiger charge is -2.17. The zero-order valence-electron chi connectivity index (χ0n) is 9.79. The fraction of sp³-hybridized carbons (Fsp3) is 0.308. The molecule has 16 heavy (non-hydrogen) atoms. The normalized spacial score (nSPS) is 10.8. The standard InChI is InChI=1S/C13H15ClN2/c1-4-16(3)13-7-9(2)11-6-5-10(14)8-12(11)15-13/h5-8H,4H2,1-3H3. The van der Waals surface area contributed by atoms with E-state index in [2.05, 4.69) is 29.8 Å². The second-order valence-electron chi connectivity index (χ2n) is 3.97. The summed E-state index contributed by atoms with van der Waals surface area (Å²) in [5.41, 5.74) is 2.19. The zero-order valence-corrected chi connectivity index (χ0v) is 10.5. The van der Waals surface area contributed by atoms with Crippen molar-refractivity contribution < 1.29 is 0 Å². The summed E-state index contributed by atoms with van der Waals surface area (Å²) in [6, 6.07) is 7.95. The van der Waals surface area contributed by atoms with E-state index < -0.39 is 0 Å². The van der Waals surface area contributed by atoms with Gasteiger partial charge in [0, 0.05) is 24.0 Å². The third kappa shape index (κ3) is 1.98. The van der Waals surface area contributed by atoms with Gasteiger partial charge in [-0.05, 0) is 37.6 Å². The number of nitrogens with zero attached hydrogens (tertiary/aromatic N) is 2. The largest absolute Gasteiger partial charge is 0.360 e. The topological polar surface area (TPSA) is 16.1 Å². The van der Waals surface area contributed by atoms with Crippen molar-refractivity contribution in [2.45, 2.75) is 13.8 Å². The second-order valence-corrected chi connectivity index (χ2v) is 4.41. The highest BCUT2D eigenvalue weighted by Crippen LogP contribution is 2.24. The molecule has 0 amide bonds. The first kappa shape index (κ1) is 11.2. The molecule has 0 fully saturated rings. The van der Waals surface area contributed by atoms with Gasteiger partial charge >= 0.3 is 0 Å². The Bertz CT molecular complexity index is 523. The van der Waals surface area contributed by atoms with Gasteiger partial charge in [-0.3, -0.25) is 0 Å². The molecule has 1 heterocycles. The molecular weight excluding hydrogens is 220 g/mol. The number of aryl methyl sites for hydroxylation is 1. The number of pyridine rings is 1. The summed E-state index contributed by atoms with van der Waals surface area (Å²) in [6.45, 7) is 5.16. The molecule has 0 unspecified atom stereocenters. The van der Waals surface area contributed by atoms with Gasteiger partial charge in [0.25, 0.3) is 0 Å². The average Bonchev–Trinajstić information content (AvgIpc) is 2.27. The van der Waals surface area contributed by atoms with Gasteiger partial charge in [-0.2, -0.15) is 0 Å². The molecular formula is C13H15ClN2. The zero-order chi connectivity index (χ0) is 11.7. The number of fused-ring (bicyclic) bond motifs is 1. The van der Waals surface area contributed by atoms with Crippen LogP contribution in [0.15, 0.2) is 24.3 Å². The molecule has 0 bridgehead atoms. The molecule has 0 atom stereocenters. The van der Waals surface area contributed by atoms with E-state index in [0.29, 0.717) is 0 Å². The molecule has 2 aromatic rings. The Morgan fingerprint density at radius 2 is 2.06 bits per heavy atom. The lowest BCUT2D eigenvalue weighted by Crippen LogP contribution is -2.17. The monoisotopic (exact) mass is 234 g/mol. The molecule has 84 valence electrons. The van der Waals surface area contributed by atoms with E-state index in [1.54, 1.807) is 0 Å². The van der Waals surface area contributed by atoms with Crippen LogP contribution in [0.1, 0.15) is 12.5 Å². The van der Waals surface area contributed by atoms with Gasteiger partial charge in [-0.25, -0.2) is 4.98 Å². The Balaban J connectivity index is 2.65. The van der Waals surface area contributed by atoms with Crippen molar-refractivity contribution >= 4 is 28.3 Å². The summed E-state index contributed by atoms with van der Waals surface area (Å²) in [5, 5.41) is 1.90. The third-order valence-corrected chi connectivity index (χ3v) is 3.07. The lowest BCUT2D eigenvalue weighted by molar-refractivity contribution is 0.943. The molecule has 0 saturated heterocycles. The fourth-order valence-corrected chi connectivity index (χ4v) is 1.88. The van der Waals surface area contributed by atoms with Crippen LogP contribution in [0.4, 0.5) is 5.82 Å². The van der Waals surface area contributed by atoms with E-state index in [1.807, 2.05) is 25.2 Å². The van der Waals surface area contributed by atoms with Crippen molar-refractivity contribution in [3.8, 4) is 0 Å². The molecule has 0 saturated carbocycles. The van der Waals surface area contributed by atoms with Crippen LogP contribution in [0.25, 0.3) is 10.9 Å². The van der Waals surface area contributed by atoms with Gasteiger partial charge in [0.1, 0.15) is 5.82 Å². The maximum absolute atomic E-state index is 5.98. The Kier molecular flexibility index (Phi) is 3.01. The summed E-state index contributed by atoms with van der Waals surface area (Å²) in [6.07, 6.45) is 0. The van der Waals surface area contributed by atoms with Crippen LogP contribution in [0, 0.1) is 6.92 Å². The first-order chi connectivity index (χ1) is 7.61. The van der Waals surface area contributed by atoms with Crippen LogP contribution in [0.2, 0.25) is 5.02 Å². The molecule has 0 radical (unpaired) electrons. The summed E-state index contributed by atoms with van der Waals surface area (Å²) in [5.74, 6) is 0.995. The number of benzene rings is 1. The van der Waals surface area contributed by atoms with E-state index in [9.17, 15) is 0 Å². The Morgan fingerprint density at radius 1 is 1.31 bits per heavy atom. The van der Waals surface area contributed by atoms with E-state index in [-0.39, 0.29) is 0 Å². The number of halogens is 1. The molecule has 0 aliphatic carbocycles. The number of hydrogen-bond donors (Lipinski definition) is 0. The van der Waals surface area contributed by atoms with Gasteiger partial charge < -0.3 is 4.90 Å². The second kappa shape index (κ2) is 4.30. The van der Waals surface area contributed by atoms with E-state index in [1.165, 1.54) is 5.56 Å². The molecule has 1 aromatic heterocycles. The van der Waals surface area contributed by atoms with E-state index in [4.69, 9.17) is 11.6 Å². The van der Waals surface area contributed by atoms with E-state index >= 15 is 0 Å². The Hall–Kier alpha value is -1.28. The minimum Gasteiger partial charge on any atom is -0.360 e. The molecule has 2 rings (SSSR count). The van der Waals surface area contributed by atoms with Gasteiger partial charge in [0.2, 0.25) is 0 Å². The van der Waals surface area contributed by atoms with Crippen LogP contribution in [0.3, 0.4) is 0 Å². The number of aromatic nitrogens is 1. The Labute approximate surface area is 101 Å². The minimum atomic E-state index is 0.732. The molecule has 0 spiro atoms. The van der Waals surface area contributed by atoms with Gasteiger partial charge in [-0.15, -0.1) is 0 Å². The predicted molar refractivity (Wildman–Crippen MR) is 70.4 cm³/mol. The quantitative estimate of drug-likeness (QED) is 0.789. The summed E-state index contributed by atoms with van der Waals surface area (Å²) < 4.78 is 0. The first-order valence-electron chi connectivity index (χ1n) is 5.40. The molecule has 2 nitrogen and oxygen atoms in total. The fourth-order valence-electron chi connectivity index (χ4n) is 1.72. The molecule has 0 N–H and O–H groups in total. The van der Waals surface area contributed by atoms with Crippen LogP contribution in [0.5, 0.6) is 0 Å². The van der Waals surface area contributed by atoms with Gasteiger partial charge in [-0.1, -0.05) is 17.7 Å². The summed E-state index contributed by atoms with van der Waals surface area (Å²) in [4.78, 5) is 6.73. The Morgan fingerprint density at radius 3 is 2.75 bits per heavy atom. The highest BCUT2D eigenvalue weighted by atomic mass is 35.5. The van der Waals surface area contributed by atoms with Crippen molar-refractivity contribution in [3.63, 3.8) is 0 Å². The highest BCUT2D eigenvalue weighted by Gasteiger charge is 2.05. The SMILES string of the molecule is CCN(C)c1cc(C)c2ccc(Cl)cc2n1. The molecule has 0 aliphatic heterocycles. The molecule has 0 aliphatic rings. The third-order valence-electron chi connectivity index (χ3n) is 2.83. The van der Waals surface area contributed by atoms with E-state index in [0.717, 1.165) is 28.3 Å². The van der Waals surface area contributed by atoms with Crippen molar-refractivity contribution in [1.82, 2.24) is 4.98 Å². The molecule has 1 aromatic carbocycles. The van der Waals surface area contributed by atoms with Crippen LogP contribution in [-0.4, -0.2) is 18.6 Å².